The average Bonchev–Trinajstić information content (AvgIpc) is 3.50. The zero-order valence-corrected chi connectivity index (χ0v) is 21.2. The van der Waals surface area contributed by atoms with Crippen LogP contribution in [0.4, 0.5) is 0 Å². The lowest BCUT2D eigenvalue weighted by atomic mass is 10.0. The van der Waals surface area contributed by atoms with Gasteiger partial charge in [0.1, 0.15) is 17.6 Å². The van der Waals surface area contributed by atoms with Crippen molar-refractivity contribution in [3.8, 4) is 11.3 Å². The zero-order valence-electron chi connectivity index (χ0n) is 19.6. The van der Waals surface area contributed by atoms with Gasteiger partial charge in [-0.2, -0.15) is 0 Å². The van der Waals surface area contributed by atoms with E-state index in [1.165, 1.54) is 12.1 Å². The van der Waals surface area contributed by atoms with Crippen LogP contribution in [0.15, 0.2) is 59.1 Å². The third kappa shape index (κ3) is 5.24. The third-order valence-corrected chi connectivity index (χ3v) is 7.25. The van der Waals surface area contributed by atoms with Crippen molar-refractivity contribution in [1.29, 1.82) is 0 Å². The van der Waals surface area contributed by atoms with Crippen molar-refractivity contribution in [3.05, 3.63) is 76.8 Å². The highest BCUT2D eigenvalue weighted by Crippen LogP contribution is 2.41. The van der Waals surface area contributed by atoms with Crippen LogP contribution in [0.25, 0.3) is 11.3 Å². The van der Waals surface area contributed by atoms with E-state index in [-0.39, 0.29) is 17.6 Å². The summed E-state index contributed by atoms with van der Waals surface area (Å²) in [5, 5.41) is 13.9. The van der Waals surface area contributed by atoms with E-state index >= 15 is 0 Å². The van der Waals surface area contributed by atoms with Crippen molar-refractivity contribution in [2.24, 2.45) is 0 Å². The van der Waals surface area contributed by atoms with Crippen LogP contribution in [-0.4, -0.2) is 70.4 Å². The van der Waals surface area contributed by atoms with Gasteiger partial charge in [-0.05, 0) is 61.1 Å². The van der Waals surface area contributed by atoms with Gasteiger partial charge < -0.3 is 24.5 Å². The topological polar surface area (TPSA) is 91.1 Å². The molecule has 2 fully saturated rings. The maximum atomic E-state index is 11.5. The minimum atomic E-state index is -1.02. The van der Waals surface area contributed by atoms with Crippen LogP contribution in [0, 0.1) is 0 Å². The minimum absolute atomic E-state index is 0.146. The van der Waals surface area contributed by atoms with Crippen molar-refractivity contribution in [1.82, 2.24) is 20.1 Å². The fourth-order valence-corrected chi connectivity index (χ4v) is 5.29. The second-order valence-corrected chi connectivity index (χ2v) is 9.62. The fraction of sp³-hybridized carbons (Fsp3) is 0.346. The fourth-order valence-electron chi connectivity index (χ4n) is 4.75. The molecule has 2 N–H and O–H groups in total. The number of furan rings is 1. The Morgan fingerprint density at radius 3 is 2.75 bits per heavy atom. The predicted molar refractivity (Wildman–Crippen MR) is 140 cm³/mol. The van der Waals surface area contributed by atoms with Crippen molar-refractivity contribution in [2.45, 2.75) is 18.5 Å². The SMILES string of the molecule is O=C(O)c1ccc(Cl)c(-c2ccc([C@H]3[C@H](c4ccccn4)NC(=S)N3CCCN3CCOCC3)o2)c1. The molecule has 2 saturated heterocycles. The number of carboxylic acid groups (broad SMARTS) is 1. The number of rotatable bonds is 8. The first-order valence-corrected chi connectivity index (χ1v) is 12.7. The number of halogens is 1. The van der Waals surface area contributed by atoms with Crippen LogP contribution in [0.3, 0.4) is 0 Å². The standard InChI is InChI=1S/C26H27ClN4O4S/c27-19-6-5-17(25(32)33)16-18(19)21-7-8-22(35-21)24-23(20-4-1-2-9-28-20)29-26(36)31(24)11-3-10-30-12-14-34-15-13-30/h1-2,4-9,16,23-24H,3,10-15H2,(H,29,36)(H,32,33)/t23-,24-/m0/s1. The van der Waals surface area contributed by atoms with Gasteiger partial charge in [-0.15, -0.1) is 0 Å². The van der Waals surface area contributed by atoms with E-state index in [4.69, 9.17) is 33.0 Å². The van der Waals surface area contributed by atoms with E-state index in [0.29, 0.717) is 27.2 Å². The van der Waals surface area contributed by atoms with Crippen molar-refractivity contribution in [3.63, 3.8) is 0 Å². The van der Waals surface area contributed by atoms with Gasteiger partial charge in [0.2, 0.25) is 0 Å². The van der Waals surface area contributed by atoms with Crippen LogP contribution >= 0.6 is 23.8 Å². The van der Waals surface area contributed by atoms with E-state index < -0.39 is 5.97 Å². The van der Waals surface area contributed by atoms with E-state index in [2.05, 4.69) is 20.1 Å². The second-order valence-electron chi connectivity index (χ2n) is 8.83. The number of thiocarbonyl (C=S) groups is 1. The molecule has 0 radical (unpaired) electrons. The van der Waals surface area contributed by atoms with Gasteiger partial charge in [0.05, 0.1) is 35.5 Å². The molecule has 0 bridgehead atoms. The predicted octanol–water partition coefficient (Wildman–Crippen LogP) is 4.39. The summed E-state index contributed by atoms with van der Waals surface area (Å²) in [5.41, 5.74) is 1.54. The molecule has 36 heavy (non-hydrogen) atoms. The summed E-state index contributed by atoms with van der Waals surface area (Å²) < 4.78 is 11.8. The first kappa shape index (κ1) is 24.7. The number of aromatic nitrogens is 1. The molecule has 2 atom stereocenters. The summed E-state index contributed by atoms with van der Waals surface area (Å²) in [4.78, 5) is 20.6. The number of carbonyl (C=O) groups is 1. The van der Waals surface area contributed by atoms with Gasteiger partial charge in [-0.1, -0.05) is 17.7 Å². The number of pyridine rings is 1. The summed E-state index contributed by atoms with van der Waals surface area (Å²) >= 11 is 12.2. The normalized spacial score (nSPS) is 20.5. The molecule has 0 unspecified atom stereocenters. The lowest BCUT2D eigenvalue weighted by Crippen LogP contribution is -2.38. The Kier molecular flexibility index (Phi) is 7.52. The highest BCUT2D eigenvalue weighted by Gasteiger charge is 2.41. The molecule has 0 saturated carbocycles. The quantitative estimate of drug-likeness (QED) is 0.415. The molecule has 8 nitrogen and oxygen atoms in total. The van der Waals surface area contributed by atoms with E-state index in [1.807, 2.05) is 30.3 Å². The van der Waals surface area contributed by atoms with Crippen LogP contribution in [0.1, 0.15) is 40.3 Å². The molecule has 5 rings (SSSR count). The Balaban J connectivity index is 1.43. The van der Waals surface area contributed by atoms with Crippen molar-refractivity contribution in [2.75, 3.05) is 39.4 Å². The highest BCUT2D eigenvalue weighted by molar-refractivity contribution is 7.80. The zero-order chi connectivity index (χ0) is 25.1. The molecule has 0 amide bonds. The Morgan fingerprint density at radius 2 is 2.00 bits per heavy atom. The molecule has 2 aliphatic heterocycles. The number of nitrogens with one attached hydrogen (secondary N) is 1. The summed E-state index contributed by atoms with van der Waals surface area (Å²) in [6.45, 7) is 5.15. The molecule has 1 aromatic carbocycles. The summed E-state index contributed by atoms with van der Waals surface area (Å²) in [7, 11) is 0. The molecule has 0 aliphatic carbocycles. The van der Waals surface area contributed by atoms with Gasteiger partial charge in [0.25, 0.3) is 0 Å². The van der Waals surface area contributed by atoms with E-state index in [9.17, 15) is 9.90 Å². The summed E-state index contributed by atoms with van der Waals surface area (Å²) in [6.07, 6.45) is 2.70. The summed E-state index contributed by atoms with van der Waals surface area (Å²) in [6, 6.07) is 13.7. The first-order chi connectivity index (χ1) is 17.5. The van der Waals surface area contributed by atoms with Crippen LogP contribution in [0.2, 0.25) is 5.02 Å². The largest absolute Gasteiger partial charge is 0.478 e. The molecule has 4 heterocycles. The molecular formula is C26H27ClN4O4S. The number of ether oxygens (including phenoxy) is 1. The van der Waals surface area contributed by atoms with Gasteiger partial charge in [0.15, 0.2) is 5.11 Å². The van der Waals surface area contributed by atoms with Crippen LogP contribution in [-0.2, 0) is 4.74 Å². The second kappa shape index (κ2) is 11.0. The molecule has 3 aromatic rings. The van der Waals surface area contributed by atoms with Crippen LogP contribution in [0.5, 0.6) is 0 Å². The highest BCUT2D eigenvalue weighted by atomic mass is 35.5. The van der Waals surface area contributed by atoms with E-state index in [0.717, 1.165) is 51.5 Å². The number of hydrogen-bond acceptors (Lipinski definition) is 6. The molecule has 0 spiro atoms. The first-order valence-electron chi connectivity index (χ1n) is 11.9. The van der Waals surface area contributed by atoms with E-state index in [1.54, 1.807) is 12.3 Å². The van der Waals surface area contributed by atoms with Gasteiger partial charge >= 0.3 is 5.97 Å². The molecule has 10 heteroatoms. The Bertz CT molecular complexity index is 1230. The van der Waals surface area contributed by atoms with Crippen LogP contribution < -0.4 is 5.32 Å². The van der Waals surface area contributed by atoms with Gasteiger partial charge in [-0.3, -0.25) is 9.88 Å². The van der Waals surface area contributed by atoms with Crippen molar-refractivity contribution >= 4 is 34.9 Å². The third-order valence-electron chi connectivity index (χ3n) is 6.57. The maximum absolute atomic E-state index is 11.5. The molecule has 188 valence electrons. The lowest BCUT2D eigenvalue weighted by molar-refractivity contribution is 0.0365. The monoisotopic (exact) mass is 526 g/mol. The number of morpholine rings is 1. The van der Waals surface area contributed by atoms with Crippen molar-refractivity contribution < 1.29 is 19.1 Å². The van der Waals surface area contributed by atoms with Gasteiger partial charge in [0, 0.05) is 37.9 Å². The number of nitrogens with zero attached hydrogens (tertiary/aromatic N) is 3. The maximum Gasteiger partial charge on any atom is 0.335 e. The Hall–Kier alpha value is -2.98. The lowest BCUT2D eigenvalue weighted by Gasteiger charge is -2.29. The number of hydrogen-bond donors (Lipinski definition) is 2. The Labute approximate surface area is 219 Å². The number of aromatic carboxylic acids is 1. The summed E-state index contributed by atoms with van der Waals surface area (Å²) in [5.74, 6) is 0.187. The molecule has 2 aromatic heterocycles. The molecular weight excluding hydrogens is 500 g/mol. The number of carboxylic acids is 1. The smallest absolute Gasteiger partial charge is 0.335 e. The van der Waals surface area contributed by atoms with Gasteiger partial charge in [-0.25, -0.2) is 4.79 Å². The average molecular weight is 527 g/mol. The minimum Gasteiger partial charge on any atom is -0.478 e. The number of benzene rings is 1. The Morgan fingerprint density at radius 1 is 1.17 bits per heavy atom. The molecule has 2 aliphatic rings.